The van der Waals surface area contributed by atoms with Crippen LogP contribution in [0.25, 0.3) is 22.5 Å². The van der Waals surface area contributed by atoms with Crippen LogP contribution in [0.3, 0.4) is 0 Å². The third-order valence-electron chi connectivity index (χ3n) is 4.64. The Morgan fingerprint density at radius 2 is 1.96 bits per heavy atom. The summed E-state index contributed by atoms with van der Waals surface area (Å²) in [6, 6.07) is 8.03. The number of halogens is 1. The average molecular weight is 352 g/mol. The molecule has 0 fully saturated rings. The van der Waals surface area contributed by atoms with Gasteiger partial charge in [-0.1, -0.05) is 6.07 Å². The molecule has 2 heterocycles. The summed E-state index contributed by atoms with van der Waals surface area (Å²) in [7, 11) is 0. The van der Waals surface area contributed by atoms with Gasteiger partial charge < -0.3 is 21.1 Å². The second-order valence-electron chi connectivity index (χ2n) is 6.25. The van der Waals surface area contributed by atoms with E-state index in [1.807, 2.05) is 0 Å². The third kappa shape index (κ3) is 2.44. The number of hydrogen-bond donors (Lipinski definition) is 4. The summed E-state index contributed by atoms with van der Waals surface area (Å²) >= 11 is 0. The van der Waals surface area contributed by atoms with Gasteiger partial charge in [-0.15, -0.1) is 0 Å². The van der Waals surface area contributed by atoms with E-state index in [-0.39, 0.29) is 12.5 Å². The summed E-state index contributed by atoms with van der Waals surface area (Å²) in [5.74, 6) is -0.160. The number of anilines is 1. The van der Waals surface area contributed by atoms with Crippen LogP contribution in [0.15, 0.2) is 30.3 Å². The molecule has 7 heteroatoms. The normalized spacial score (nSPS) is 13.0. The Labute approximate surface area is 148 Å². The predicted molar refractivity (Wildman–Crippen MR) is 95.7 cm³/mol. The Morgan fingerprint density at radius 3 is 2.65 bits per heavy atom. The van der Waals surface area contributed by atoms with E-state index < -0.39 is 5.82 Å². The molecule has 1 aromatic heterocycles. The van der Waals surface area contributed by atoms with Gasteiger partial charge in [0.25, 0.3) is 5.91 Å². The number of hydrogen-bond acceptors (Lipinski definition) is 4. The predicted octanol–water partition coefficient (Wildman–Crippen LogP) is 2.51. The Morgan fingerprint density at radius 1 is 1.23 bits per heavy atom. The summed E-state index contributed by atoms with van der Waals surface area (Å²) < 4.78 is 14.4. The van der Waals surface area contributed by atoms with Crippen molar-refractivity contribution in [3.63, 3.8) is 0 Å². The van der Waals surface area contributed by atoms with Crippen molar-refractivity contribution in [1.82, 2.24) is 15.3 Å². The second kappa shape index (κ2) is 5.96. The van der Waals surface area contributed by atoms with Gasteiger partial charge in [0, 0.05) is 29.1 Å². The van der Waals surface area contributed by atoms with E-state index in [9.17, 15) is 14.3 Å². The minimum Gasteiger partial charge on any atom is -0.399 e. The van der Waals surface area contributed by atoms with Crippen LogP contribution in [-0.4, -0.2) is 21.0 Å². The highest BCUT2D eigenvalue weighted by Gasteiger charge is 2.28. The second-order valence-corrected chi connectivity index (χ2v) is 6.25. The molecule has 0 aliphatic carbocycles. The van der Waals surface area contributed by atoms with Crippen LogP contribution >= 0.6 is 0 Å². The number of benzene rings is 2. The quantitative estimate of drug-likeness (QED) is 0.544. The highest BCUT2D eigenvalue weighted by Crippen LogP contribution is 2.36. The number of nitrogen functional groups attached to an aromatic ring is 1. The van der Waals surface area contributed by atoms with Gasteiger partial charge >= 0.3 is 0 Å². The summed E-state index contributed by atoms with van der Waals surface area (Å²) in [5.41, 5.74) is 10.1. The molecule has 1 aliphatic rings. The first-order valence-electron chi connectivity index (χ1n) is 8.15. The Bertz CT molecular complexity index is 1040. The number of nitrogens with two attached hydrogens (primary N) is 1. The van der Waals surface area contributed by atoms with E-state index >= 15 is 0 Å². The molecule has 0 unspecified atom stereocenters. The maximum Gasteiger partial charge on any atom is 0.252 e. The van der Waals surface area contributed by atoms with E-state index in [1.165, 1.54) is 6.07 Å². The Hall–Kier alpha value is -3.19. The molecule has 132 valence electrons. The van der Waals surface area contributed by atoms with E-state index in [2.05, 4.69) is 15.3 Å². The molecule has 6 nitrogen and oxygen atoms in total. The van der Waals surface area contributed by atoms with Crippen LogP contribution < -0.4 is 11.1 Å². The number of H-pyrrole nitrogens is 1. The molecule has 1 aliphatic heterocycles. The number of imidazole rings is 1. The summed E-state index contributed by atoms with van der Waals surface area (Å²) in [6.07, 6.45) is 0. The number of nitrogens with one attached hydrogen (secondary N) is 2. The number of aliphatic hydroxyl groups is 1. The molecule has 0 saturated heterocycles. The van der Waals surface area contributed by atoms with Gasteiger partial charge in [0.1, 0.15) is 11.6 Å². The molecular formula is C19H17FN4O2. The molecule has 0 radical (unpaired) electrons. The lowest BCUT2D eigenvalue weighted by Crippen LogP contribution is -2.13. The molecule has 26 heavy (non-hydrogen) atoms. The first-order chi connectivity index (χ1) is 12.5. The maximum atomic E-state index is 14.4. The molecule has 1 amide bonds. The van der Waals surface area contributed by atoms with Crippen molar-refractivity contribution in [2.24, 2.45) is 0 Å². The van der Waals surface area contributed by atoms with Crippen molar-refractivity contribution < 1.29 is 14.3 Å². The number of nitrogens with zero attached hydrogens (tertiary/aromatic N) is 1. The van der Waals surface area contributed by atoms with Crippen LogP contribution in [0.4, 0.5) is 10.1 Å². The monoisotopic (exact) mass is 352 g/mol. The smallest absolute Gasteiger partial charge is 0.252 e. The standard InChI is InChI=1S/C19H17FN4O2/c1-9-16(8-25)24-18(23-9)13-5-4-11(14-7-22-19(26)17(13)14)12-3-2-10(21)6-15(12)20/h2-6,25H,7-8,21H2,1H3,(H,22,26)(H,23,24). The van der Waals surface area contributed by atoms with Gasteiger partial charge in [0.2, 0.25) is 0 Å². The van der Waals surface area contributed by atoms with Crippen molar-refractivity contribution >= 4 is 11.6 Å². The van der Waals surface area contributed by atoms with Gasteiger partial charge in [-0.2, -0.15) is 0 Å². The van der Waals surface area contributed by atoms with Crippen LogP contribution in [-0.2, 0) is 13.2 Å². The van der Waals surface area contributed by atoms with E-state index in [4.69, 9.17) is 5.73 Å². The Balaban J connectivity index is 1.92. The van der Waals surface area contributed by atoms with Crippen molar-refractivity contribution in [2.75, 3.05) is 5.73 Å². The van der Waals surface area contributed by atoms with Crippen LogP contribution in [0, 0.1) is 12.7 Å². The van der Waals surface area contributed by atoms with Crippen molar-refractivity contribution in [3.8, 4) is 22.5 Å². The lowest BCUT2D eigenvalue weighted by molar-refractivity contribution is 0.0966. The molecular weight excluding hydrogens is 335 g/mol. The van der Waals surface area contributed by atoms with E-state index in [0.717, 1.165) is 11.3 Å². The number of carbonyl (C=O) groups excluding carboxylic acids is 1. The third-order valence-corrected chi connectivity index (χ3v) is 4.64. The van der Waals surface area contributed by atoms with Crippen molar-refractivity contribution in [1.29, 1.82) is 0 Å². The SMILES string of the molecule is Cc1[nH]c(-c2ccc(-c3ccc(N)cc3F)c3c2C(=O)NC3)nc1CO. The van der Waals surface area contributed by atoms with E-state index in [0.29, 0.717) is 46.0 Å². The van der Waals surface area contributed by atoms with E-state index in [1.54, 1.807) is 31.2 Å². The molecule has 2 aromatic carbocycles. The number of aryl methyl sites for hydroxylation is 1. The number of aliphatic hydroxyl groups excluding tert-OH is 1. The van der Waals surface area contributed by atoms with Crippen molar-refractivity contribution in [2.45, 2.75) is 20.1 Å². The molecule has 3 aromatic rings. The minimum absolute atomic E-state index is 0.189. The average Bonchev–Trinajstić information content (AvgIpc) is 3.18. The lowest BCUT2D eigenvalue weighted by Gasteiger charge is -2.11. The highest BCUT2D eigenvalue weighted by atomic mass is 19.1. The lowest BCUT2D eigenvalue weighted by atomic mass is 9.92. The molecule has 0 bridgehead atoms. The zero-order chi connectivity index (χ0) is 18.4. The molecule has 0 atom stereocenters. The van der Waals surface area contributed by atoms with Gasteiger partial charge in [0.05, 0.1) is 17.9 Å². The zero-order valence-corrected chi connectivity index (χ0v) is 14.1. The number of carbonyl (C=O) groups is 1. The minimum atomic E-state index is -0.435. The maximum absolute atomic E-state index is 14.4. The molecule has 4 rings (SSSR count). The number of amides is 1. The fourth-order valence-corrected chi connectivity index (χ4v) is 3.33. The van der Waals surface area contributed by atoms with Gasteiger partial charge in [-0.25, -0.2) is 9.37 Å². The number of aromatic nitrogens is 2. The number of fused-ring (bicyclic) bond motifs is 1. The van der Waals surface area contributed by atoms with Crippen molar-refractivity contribution in [3.05, 3.63) is 58.7 Å². The molecule has 5 N–H and O–H groups in total. The summed E-state index contributed by atoms with van der Waals surface area (Å²) in [6.45, 7) is 1.93. The van der Waals surface area contributed by atoms with Crippen LogP contribution in [0.5, 0.6) is 0 Å². The number of rotatable bonds is 3. The zero-order valence-electron chi connectivity index (χ0n) is 14.1. The topological polar surface area (TPSA) is 104 Å². The molecule has 0 saturated carbocycles. The molecule has 0 spiro atoms. The van der Waals surface area contributed by atoms with Crippen LogP contribution in [0.2, 0.25) is 0 Å². The van der Waals surface area contributed by atoms with Gasteiger partial charge in [0.15, 0.2) is 0 Å². The Kier molecular flexibility index (Phi) is 3.73. The first kappa shape index (κ1) is 16.3. The van der Waals surface area contributed by atoms with Gasteiger partial charge in [-0.3, -0.25) is 4.79 Å². The summed E-state index contributed by atoms with van der Waals surface area (Å²) in [4.78, 5) is 19.9. The fraction of sp³-hybridized carbons (Fsp3) is 0.158. The van der Waals surface area contributed by atoms with Crippen LogP contribution in [0.1, 0.15) is 27.3 Å². The highest BCUT2D eigenvalue weighted by molar-refractivity contribution is 6.06. The number of aromatic amines is 1. The largest absolute Gasteiger partial charge is 0.399 e. The fourth-order valence-electron chi connectivity index (χ4n) is 3.33. The van der Waals surface area contributed by atoms with Gasteiger partial charge in [-0.05, 0) is 42.3 Å². The summed E-state index contributed by atoms with van der Waals surface area (Å²) in [5, 5.41) is 12.2. The first-order valence-corrected chi connectivity index (χ1v) is 8.15.